The van der Waals surface area contributed by atoms with Gasteiger partial charge in [-0.1, -0.05) is 18.9 Å². The second-order valence-corrected chi connectivity index (χ2v) is 10.4. The standard InChI is InChI=1S/C26H33N7O4S/c1-32-26(28-30-31-32)38-23-10-8-19(29-36-2)16-22(23)24(34)27-18-7-9-20(17-5-3-4-6-17)21(15-18)25(35)33-11-13-37-14-12-33/h7-10,15-17,29-31H,3-6,11-14H2,1-2H3,(H,27,34). The van der Waals surface area contributed by atoms with E-state index < -0.39 is 0 Å². The minimum Gasteiger partial charge on any atom is -0.378 e. The second kappa shape index (κ2) is 12.0. The van der Waals surface area contributed by atoms with Gasteiger partial charge < -0.3 is 15.0 Å². The van der Waals surface area contributed by atoms with E-state index in [1.807, 2.05) is 42.3 Å². The molecule has 12 heteroatoms. The average molecular weight is 540 g/mol. The Morgan fingerprint density at radius 3 is 2.53 bits per heavy atom. The van der Waals surface area contributed by atoms with E-state index in [-0.39, 0.29) is 11.8 Å². The van der Waals surface area contributed by atoms with Gasteiger partial charge in [0.15, 0.2) is 0 Å². The van der Waals surface area contributed by atoms with Crippen molar-refractivity contribution in [3.05, 3.63) is 53.1 Å². The van der Waals surface area contributed by atoms with Gasteiger partial charge in [0.1, 0.15) is 0 Å². The predicted molar refractivity (Wildman–Crippen MR) is 147 cm³/mol. The molecule has 38 heavy (non-hydrogen) atoms. The fourth-order valence-corrected chi connectivity index (χ4v) is 5.85. The molecule has 1 aliphatic carbocycles. The van der Waals surface area contributed by atoms with Crippen LogP contribution in [0.4, 0.5) is 11.4 Å². The lowest BCUT2D eigenvalue weighted by Crippen LogP contribution is -2.41. The summed E-state index contributed by atoms with van der Waals surface area (Å²) in [7, 11) is 3.34. The zero-order valence-electron chi connectivity index (χ0n) is 21.6. The Labute approximate surface area is 226 Å². The van der Waals surface area contributed by atoms with Crippen molar-refractivity contribution in [3.63, 3.8) is 0 Å². The van der Waals surface area contributed by atoms with Crippen molar-refractivity contribution in [3.8, 4) is 0 Å². The maximum Gasteiger partial charge on any atom is 0.256 e. The maximum absolute atomic E-state index is 13.6. The number of anilines is 2. The number of thioether (sulfide) groups is 1. The van der Waals surface area contributed by atoms with Crippen molar-refractivity contribution < 1.29 is 19.2 Å². The third kappa shape index (κ3) is 5.88. The zero-order chi connectivity index (χ0) is 26.5. The molecule has 1 saturated heterocycles. The highest BCUT2D eigenvalue weighted by molar-refractivity contribution is 8.13. The molecule has 0 bridgehead atoms. The lowest BCUT2D eigenvalue weighted by Gasteiger charge is -2.28. The number of carbonyl (C=O) groups is 2. The van der Waals surface area contributed by atoms with Crippen LogP contribution < -0.4 is 21.9 Å². The summed E-state index contributed by atoms with van der Waals surface area (Å²) < 4.78 is 5.45. The first-order valence-electron chi connectivity index (χ1n) is 12.8. The van der Waals surface area contributed by atoms with Crippen LogP contribution in [0.5, 0.6) is 0 Å². The zero-order valence-corrected chi connectivity index (χ0v) is 22.4. The van der Waals surface area contributed by atoms with Gasteiger partial charge in [-0.3, -0.25) is 24.9 Å². The highest BCUT2D eigenvalue weighted by Gasteiger charge is 2.27. The van der Waals surface area contributed by atoms with E-state index in [4.69, 9.17) is 9.57 Å². The van der Waals surface area contributed by atoms with Crippen LogP contribution in [0.3, 0.4) is 0 Å². The average Bonchev–Trinajstić information content (AvgIpc) is 3.62. The van der Waals surface area contributed by atoms with Crippen LogP contribution in [0.15, 0.2) is 46.4 Å². The summed E-state index contributed by atoms with van der Waals surface area (Å²) in [5.74, 6) is 0.0647. The van der Waals surface area contributed by atoms with Gasteiger partial charge in [0.25, 0.3) is 11.8 Å². The topological polar surface area (TPSA) is 120 Å². The molecular formula is C26H33N7O4S. The second-order valence-electron chi connectivity index (χ2n) is 9.44. The Kier molecular flexibility index (Phi) is 8.32. The number of amidine groups is 1. The van der Waals surface area contributed by atoms with Gasteiger partial charge in [0, 0.05) is 36.3 Å². The van der Waals surface area contributed by atoms with Gasteiger partial charge >= 0.3 is 0 Å². The summed E-state index contributed by atoms with van der Waals surface area (Å²) in [5, 5.41) is 9.60. The number of benzene rings is 2. The molecule has 2 aromatic rings. The third-order valence-corrected chi connectivity index (χ3v) is 8.06. The Balaban J connectivity index is 1.43. The summed E-state index contributed by atoms with van der Waals surface area (Å²) >= 11 is 1.35. The fourth-order valence-electron chi connectivity index (χ4n) is 4.99. The first-order chi connectivity index (χ1) is 18.5. The van der Waals surface area contributed by atoms with Crippen LogP contribution >= 0.6 is 11.8 Å². The number of hydrazine groups is 2. The van der Waals surface area contributed by atoms with Gasteiger partial charge in [0.05, 0.1) is 31.6 Å². The highest BCUT2D eigenvalue weighted by Crippen LogP contribution is 2.37. The van der Waals surface area contributed by atoms with E-state index in [2.05, 4.69) is 27.0 Å². The first kappa shape index (κ1) is 26.3. The number of carbonyl (C=O) groups excluding carboxylic acids is 2. The van der Waals surface area contributed by atoms with E-state index in [1.54, 1.807) is 11.1 Å². The molecule has 2 heterocycles. The summed E-state index contributed by atoms with van der Waals surface area (Å²) in [4.78, 5) is 34.8. The Morgan fingerprint density at radius 1 is 1.08 bits per heavy atom. The van der Waals surface area contributed by atoms with Crippen molar-refractivity contribution in [1.29, 1.82) is 0 Å². The van der Waals surface area contributed by atoms with Gasteiger partial charge in [0.2, 0.25) is 5.17 Å². The Bertz CT molecular complexity index is 1210. The summed E-state index contributed by atoms with van der Waals surface area (Å²) in [6.45, 7) is 2.22. The predicted octanol–water partition coefficient (Wildman–Crippen LogP) is 3.36. The quantitative estimate of drug-likeness (QED) is 0.393. The Hall–Kier alpha value is -3.32. The number of ether oxygens (including phenoxy) is 1. The van der Waals surface area contributed by atoms with Crippen molar-refractivity contribution in [2.45, 2.75) is 36.5 Å². The third-order valence-electron chi connectivity index (χ3n) is 6.94. The maximum atomic E-state index is 13.6. The molecule has 4 N–H and O–H groups in total. The molecule has 0 radical (unpaired) electrons. The number of nitrogens with zero attached hydrogens (tertiary/aromatic N) is 3. The summed E-state index contributed by atoms with van der Waals surface area (Å²) in [6, 6.07) is 11.1. The monoisotopic (exact) mass is 539 g/mol. The summed E-state index contributed by atoms with van der Waals surface area (Å²) in [5.41, 5.74) is 11.7. The van der Waals surface area contributed by atoms with Crippen LogP contribution in [-0.4, -0.2) is 67.4 Å². The largest absolute Gasteiger partial charge is 0.378 e. The molecule has 1 saturated carbocycles. The molecule has 0 atom stereocenters. The van der Waals surface area contributed by atoms with Crippen molar-refractivity contribution in [2.75, 3.05) is 51.3 Å². The molecule has 11 nitrogen and oxygen atoms in total. The van der Waals surface area contributed by atoms with Crippen LogP contribution in [0.1, 0.15) is 57.9 Å². The van der Waals surface area contributed by atoms with Crippen LogP contribution in [0.2, 0.25) is 0 Å². The van der Waals surface area contributed by atoms with Crippen molar-refractivity contribution >= 4 is 40.1 Å². The molecule has 0 aromatic heterocycles. The van der Waals surface area contributed by atoms with E-state index in [9.17, 15) is 9.59 Å². The fraction of sp³-hybridized carbons (Fsp3) is 0.423. The van der Waals surface area contributed by atoms with E-state index in [0.717, 1.165) is 18.4 Å². The number of hydrogen-bond donors (Lipinski definition) is 4. The molecule has 202 valence electrons. The van der Waals surface area contributed by atoms with Gasteiger partial charge in [-0.25, -0.2) is 5.53 Å². The number of rotatable bonds is 7. The van der Waals surface area contributed by atoms with E-state index in [1.165, 1.54) is 31.7 Å². The molecule has 3 aliphatic rings. The van der Waals surface area contributed by atoms with Crippen molar-refractivity contribution in [2.24, 2.45) is 5.10 Å². The first-order valence-corrected chi connectivity index (χ1v) is 13.6. The van der Waals surface area contributed by atoms with E-state index in [0.29, 0.717) is 64.8 Å². The SMILES string of the molecule is CONc1ccc(SC2=NNNN2C)c(C(=O)Nc2ccc(C3CCCC3)c(C(=O)N3CCOCC3)c2)c1. The Morgan fingerprint density at radius 2 is 1.82 bits per heavy atom. The van der Waals surface area contributed by atoms with Crippen LogP contribution in [0, 0.1) is 0 Å². The lowest BCUT2D eigenvalue weighted by molar-refractivity contribution is 0.0302. The van der Waals surface area contributed by atoms with Crippen LogP contribution in [-0.2, 0) is 9.57 Å². The number of hydrogen-bond acceptors (Lipinski definition) is 10. The number of nitrogens with one attached hydrogen (secondary N) is 4. The van der Waals surface area contributed by atoms with Crippen LogP contribution in [0.25, 0.3) is 0 Å². The molecule has 0 unspecified atom stereocenters. The molecule has 2 fully saturated rings. The molecule has 2 aliphatic heterocycles. The van der Waals surface area contributed by atoms with Gasteiger partial charge in [-0.2, -0.15) is 0 Å². The molecule has 0 spiro atoms. The highest BCUT2D eigenvalue weighted by atomic mass is 32.2. The van der Waals surface area contributed by atoms with Gasteiger partial charge in [-0.15, -0.1) is 10.6 Å². The minimum absolute atomic E-state index is 0.00359. The normalized spacial score (nSPS) is 17.8. The van der Waals surface area contributed by atoms with Crippen molar-refractivity contribution in [1.82, 2.24) is 21.0 Å². The molecular weight excluding hydrogens is 506 g/mol. The molecule has 2 aromatic carbocycles. The van der Waals surface area contributed by atoms with E-state index >= 15 is 0 Å². The summed E-state index contributed by atoms with van der Waals surface area (Å²) in [6.07, 6.45) is 4.51. The van der Waals surface area contributed by atoms with Gasteiger partial charge in [-0.05, 0) is 66.4 Å². The number of morpholine rings is 1. The number of amides is 2. The molecule has 5 rings (SSSR count). The number of hydrazone groups is 1. The lowest BCUT2D eigenvalue weighted by atomic mass is 9.91. The molecule has 2 amide bonds. The smallest absolute Gasteiger partial charge is 0.256 e. The minimum atomic E-state index is -0.298.